The van der Waals surface area contributed by atoms with E-state index in [9.17, 15) is 4.79 Å². The molecule has 2 nitrogen and oxygen atoms in total. The molecule has 0 saturated heterocycles. The third kappa shape index (κ3) is 3.52. The predicted octanol–water partition coefficient (Wildman–Crippen LogP) is 3.18. The van der Waals surface area contributed by atoms with Gasteiger partial charge in [-0.05, 0) is 26.2 Å². The van der Waals surface area contributed by atoms with Crippen LogP contribution < -0.4 is 0 Å². The van der Waals surface area contributed by atoms with Crippen LogP contribution in [0.25, 0.3) is 0 Å². The molecule has 1 unspecified atom stereocenters. The number of ether oxygens (including phenoxy) is 1. The molecule has 82 valence electrons. The van der Waals surface area contributed by atoms with Crippen molar-refractivity contribution in [3.8, 4) is 0 Å². The summed E-state index contributed by atoms with van der Waals surface area (Å²) in [5.74, 6) is 0.225. The summed E-state index contributed by atoms with van der Waals surface area (Å²) >= 11 is 0. The van der Waals surface area contributed by atoms with Crippen molar-refractivity contribution in [1.29, 1.82) is 0 Å². The molecular weight excluding hydrogens is 176 g/mol. The summed E-state index contributed by atoms with van der Waals surface area (Å²) in [5, 5.41) is 0. The molecule has 0 bridgehead atoms. The lowest BCUT2D eigenvalue weighted by atomic mass is 9.78. The summed E-state index contributed by atoms with van der Waals surface area (Å²) in [6.07, 6.45) is 3.74. The zero-order valence-electron chi connectivity index (χ0n) is 9.80. The van der Waals surface area contributed by atoms with E-state index in [-0.39, 0.29) is 11.4 Å². The highest BCUT2D eigenvalue weighted by Crippen LogP contribution is 2.31. The third-order valence-electron chi connectivity index (χ3n) is 2.81. The first-order valence-electron chi connectivity index (χ1n) is 5.24. The van der Waals surface area contributed by atoms with Gasteiger partial charge in [-0.25, -0.2) is 0 Å². The highest BCUT2D eigenvalue weighted by molar-refractivity contribution is 5.76. The summed E-state index contributed by atoms with van der Waals surface area (Å²) < 4.78 is 5.07. The second-order valence-electron chi connectivity index (χ2n) is 4.30. The molecule has 0 N–H and O–H groups in total. The monoisotopic (exact) mass is 198 g/mol. The van der Waals surface area contributed by atoms with Crippen LogP contribution in [-0.2, 0) is 9.53 Å². The first-order valence-corrected chi connectivity index (χ1v) is 5.24. The molecule has 0 amide bonds. The van der Waals surface area contributed by atoms with Gasteiger partial charge in [-0.1, -0.05) is 32.9 Å². The second-order valence-corrected chi connectivity index (χ2v) is 4.30. The molecule has 0 radical (unpaired) electrons. The second kappa shape index (κ2) is 5.84. The molecule has 0 fully saturated rings. The van der Waals surface area contributed by atoms with Crippen molar-refractivity contribution in [2.24, 2.45) is 11.3 Å². The van der Waals surface area contributed by atoms with Gasteiger partial charge >= 0.3 is 5.97 Å². The van der Waals surface area contributed by atoms with Crippen molar-refractivity contribution in [3.05, 3.63) is 12.7 Å². The van der Waals surface area contributed by atoms with E-state index in [0.717, 1.165) is 12.8 Å². The molecule has 0 spiro atoms. The van der Waals surface area contributed by atoms with E-state index in [1.165, 1.54) is 0 Å². The van der Waals surface area contributed by atoms with Gasteiger partial charge in [0.05, 0.1) is 5.41 Å². The maximum atomic E-state index is 11.7. The van der Waals surface area contributed by atoms with E-state index in [1.807, 2.05) is 13.8 Å². The zero-order chi connectivity index (χ0) is 11.2. The highest BCUT2D eigenvalue weighted by atomic mass is 16.5. The molecule has 1 atom stereocenters. The average molecular weight is 198 g/mol. The molecule has 14 heavy (non-hydrogen) atoms. The van der Waals surface area contributed by atoms with Gasteiger partial charge in [0, 0.05) is 0 Å². The van der Waals surface area contributed by atoms with Gasteiger partial charge in [-0.15, -0.1) is 0 Å². The molecule has 0 rings (SSSR count). The van der Waals surface area contributed by atoms with Crippen molar-refractivity contribution < 1.29 is 9.53 Å². The molecule has 0 saturated carbocycles. The number of hydrogen-bond donors (Lipinski definition) is 0. The smallest absolute Gasteiger partial charge is 0.312 e. The largest absolute Gasteiger partial charge is 0.461 e. The number of carbonyl (C=O) groups is 1. The van der Waals surface area contributed by atoms with Crippen LogP contribution in [-0.4, -0.2) is 12.6 Å². The Morgan fingerprint density at radius 3 is 2.57 bits per heavy atom. The van der Waals surface area contributed by atoms with E-state index in [0.29, 0.717) is 12.5 Å². The molecule has 0 aliphatic rings. The Labute approximate surface area is 87.3 Å². The fraction of sp³-hybridized carbons (Fsp3) is 0.750. The Morgan fingerprint density at radius 1 is 1.57 bits per heavy atom. The zero-order valence-corrected chi connectivity index (χ0v) is 9.80. The fourth-order valence-corrected chi connectivity index (χ4v) is 1.32. The standard InChI is InChI=1S/C12H22O2/c1-6-8-10(3)12(4,5)11(13)14-9-7-2/h7,10H,2,6,8-9H2,1,3-5H3. The average Bonchev–Trinajstić information content (AvgIpc) is 2.14. The minimum Gasteiger partial charge on any atom is -0.461 e. The van der Waals surface area contributed by atoms with Gasteiger partial charge < -0.3 is 4.74 Å². The van der Waals surface area contributed by atoms with Gasteiger partial charge in [0.25, 0.3) is 0 Å². The van der Waals surface area contributed by atoms with E-state index in [1.54, 1.807) is 6.08 Å². The third-order valence-corrected chi connectivity index (χ3v) is 2.81. The minimum absolute atomic E-state index is 0.127. The fourth-order valence-electron chi connectivity index (χ4n) is 1.32. The molecule has 0 aliphatic heterocycles. The first kappa shape index (κ1) is 13.2. The summed E-state index contributed by atoms with van der Waals surface area (Å²) in [6.45, 7) is 11.9. The minimum atomic E-state index is -0.390. The lowest BCUT2D eigenvalue weighted by molar-refractivity contribution is -0.155. The van der Waals surface area contributed by atoms with Gasteiger partial charge in [-0.2, -0.15) is 0 Å². The molecule has 0 aromatic heterocycles. The maximum Gasteiger partial charge on any atom is 0.312 e. The maximum absolute atomic E-state index is 11.7. The molecule has 0 aromatic rings. The van der Waals surface area contributed by atoms with Crippen LogP contribution in [0.1, 0.15) is 40.5 Å². The quantitative estimate of drug-likeness (QED) is 0.484. The van der Waals surface area contributed by atoms with Crippen molar-refractivity contribution in [2.75, 3.05) is 6.61 Å². The van der Waals surface area contributed by atoms with Gasteiger partial charge in [0.2, 0.25) is 0 Å². The Morgan fingerprint density at radius 2 is 2.14 bits per heavy atom. The lowest BCUT2D eigenvalue weighted by Crippen LogP contribution is -2.33. The Hall–Kier alpha value is -0.790. The van der Waals surface area contributed by atoms with E-state index in [2.05, 4.69) is 20.4 Å². The van der Waals surface area contributed by atoms with Crippen LogP contribution in [0.5, 0.6) is 0 Å². The van der Waals surface area contributed by atoms with Crippen LogP contribution in [0, 0.1) is 11.3 Å². The molecule has 0 aromatic carbocycles. The van der Waals surface area contributed by atoms with Crippen molar-refractivity contribution in [3.63, 3.8) is 0 Å². The normalized spacial score (nSPS) is 13.4. The number of esters is 1. The SMILES string of the molecule is C=CCOC(=O)C(C)(C)C(C)CCC. The van der Waals surface area contributed by atoms with Crippen LogP contribution in [0.15, 0.2) is 12.7 Å². The highest BCUT2D eigenvalue weighted by Gasteiger charge is 2.34. The Kier molecular flexibility index (Phi) is 5.51. The Bertz CT molecular complexity index is 194. The van der Waals surface area contributed by atoms with Crippen molar-refractivity contribution >= 4 is 5.97 Å². The molecule has 2 heteroatoms. The van der Waals surface area contributed by atoms with E-state index >= 15 is 0 Å². The summed E-state index contributed by atoms with van der Waals surface area (Å²) in [5.41, 5.74) is -0.390. The number of hydrogen-bond acceptors (Lipinski definition) is 2. The molecule has 0 heterocycles. The lowest BCUT2D eigenvalue weighted by Gasteiger charge is -2.29. The van der Waals surface area contributed by atoms with Crippen LogP contribution in [0.2, 0.25) is 0 Å². The molecular formula is C12H22O2. The van der Waals surface area contributed by atoms with Crippen molar-refractivity contribution in [2.45, 2.75) is 40.5 Å². The van der Waals surface area contributed by atoms with Crippen LogP contribution in [0.4, 0.5) is 0 Å². The topological polar surface area (TPSA) is 26.3 Å². The summed E-state index contributed by atoms with van der Waals surface area (Å²) in [4.78, 5) is 11.7. The van der Waals surface area contributed by atoms with E-state index in [4.69, 9.17) is 4.74 Å². The summed E-state index contributed by atoms with van der Waals surface area (Å²) in [6, 6.07) is 0. The van der Waals surface area contributed by atoms with E-state index < -0.39 is 0 Å². The number of rotatable bonds is 6. The summed E-state index contributed by atoms with van der Waals surface area (Å²) in [7, 11) is 0. The van der Waals surface area contributed by atoms with Crippen LogP contribution >= 0.6 is 0 Å². The van der Waals surface area contributed by atoms with Crippen molar-refractivity contribution in [1.82, 2.24) is 0 Å². The van der Waals surface area contributed by atoms with Crippen LogP contribution in [0.3, 0.4) is 0 Å². The first-order chi connectivity index (χ1) is 6.46. The Balaban J connectivity index is 4.27. The molecule has 0 aliphatic carbocycles. The van der Waals surface area contributed by atoms with Gasteiger partial charge in [0.1, 0.15) is 6.61 Å². The van der Waals surface area contributed by atoms with Gasteiger partial charge in [-0.3, -0.25) is 4.79 Å². The predicted molar refractivity (Wildman–Crippen MR) is 59.0 cm³/mol. The number of carbonyl (C=O) groups excluding carboxylic acids is 1. The van der Waals surface area contributed by atoms with Gasteiger partial charge in [0.15, 0.2) is 0 Å².